The van der Waals surface area contributed by atoms with Crippen molar-refractivity contribution in [1.82, 2.24) is 14.6 Å². The van der Waals surface area contributed by atoms with Gasteiger partial charge in [0.1, 0.15) is 11.9 Å². The molecule has 7 nitrogen and oxygen atoms in total. The highest BCUT2D eigenvalue weighted by molar-refractivity contribution is 7.82. The normalized spacial score (nSPS) is 27.3. The standard InChI is InChI=1S/C17H24N4O3S/c1-18-15-5-3-4-12(19-15)7-6-11-8-13(9-11)21-16(22)10-14(17(21)23)20-25(2)24/h3-5,11,13-14,20H,6-10H2,1-2H3,(H,18,19). The van der Waals surface area contributed by atoms with Crippen molar-refractivity contribution in [3.8, 4) is 0 Å². The van der Waals surface area contributed by atoms with Gasteiger partial charge in [-0.3, -0.25) is 14.5 Å². The van der Waals surface area contributed by atoms with Crippen molar-refractivity contribution in [3.05, 3.63) is 23.9 Å². The van der Waals surface area contributed by atoms with Crippen LogP contribution in [-0.4, -0.2) is 51.3 Å². The van der Waals surface area contributed by atoms with Crippen LogP contribution in [0.1, 0.15) is 31.4 Å². The molecule has 0 aromatic carbocycles. The van der Waals surface area contributed by atoms with Crippen LogP contribution in [0.15, 0.2) is 18.2 Å². The molecule has 1 aliphatic carbocycles. The number of aromatic nitrogens is 1. The molecular formula is C17H24N4O3S. The van der Waals surface area contributed by atoms with Gasteiger partial charge in [0.25, 0.3) is 0 Å². The Morgan fingerprint density at radius 1 is 1.32 bits per heavy atom. The number of hydrogen-bond donors (Lipinski definition) is 2. The van der Waals surface area contributed by atoms with Crippen LogP contribution in [0.2, 0.25) is 0 Å². The van der Waals surface area contributed by atoms with E-state index in [-0.39, 0.29) is 24.3 Å². The Bertz CT molecular complexity index is 690. The van der Waals surface area contributed by atoms with Crippen LogP contribution < -0.4 is 10.0 Å². The second-order valence-corrected chi connectivity index (χ2v) is 7.87. The topological polar surface area (TPSA) is 91.4 Å². The fourth-order valence-corrected chi connectivity index (χ4v) is 4.17. The minimum Gasteiger partial charge on any atom is -0.373 e. The Labute approximate surface area is 150 Å². The molecule has 2 atom stereocenters. The zero-order valence-corrected chi connectivity index (χ0v) is 15.3. The Morgan fingerprint density at radius 2 is 2.08 bits per heavy atom. The third kappa shape index (κ3) is 4.07. The van der Waals surface area contributed by atoms with Gasteiger partial charge in [-0.2, -0.15) is 0 Å². The van der Waals surface area contributed by atoms with Gasteiger partial charge in [0.2, 0.25) is 11.8 Å². The molecule has 1 saturated carbocycles. The van der Waals surface area contributed by atoms with Gasteiger partial charge in [-0.05, 0) is 43.7 Å². The highest BCUT2D eigenvalue weighted by atomic mass is 32.2. The number of aryl methyl sites for hydroxylation is 1. The molecule has 0 radical (unpaired) electrons. The van der Waals surface area contributed by atoms with Crippen LogP contribution in [0.3, 0.4) is 0 Å². The summed E-state index contributed by atoms with van der Waals surface area (Å²) in [6, 6.07) is 5.31. The van der Waals surface area contributed by atoms with E-state index in [4.69, 9.17) is 0 Å². The summed E-state index contributed by atoms with van der Waals surface area (Å²) in [5.41, 5.74) is 1.05. The minimum absolute atomic E-state index is 0.00121. The number of rotatable bonds is 7. The first-order valence-electron chi connectivity index (χ1n) is 8.57. The molecule has 2 amide bonds. The lowest BCUT2D eigenvalue weighted by atomic mass is 9.76. The van der Waals surface area contributed by atoms with Gasteiger partial charge in [-0.25, -0.2) is 13.9 Å². The summed E-state index contributed by atoms with van der Waals surface area (Å²) in [6.45, 7) is 0. The molecule has 2 unspecified atom stereocenters. The zero-order chi connectivity index (χ0) is 18.0. The molecule has 8 heteroatoms. The molecule has 25 heavy (non-hydrogen) atoms. The molecule has 1 aromatic heterocycles. The quantitative estimate of drug-likeness (QED) is 0.700. The number of imide groups is 1. The number of nitrogens with zero attached hydrogens (tertiary/aromatic N) is 2. The molecule has 3 rings (SSSR count). The average molecular weight is 364 g/mol. The highest BCUT2D eigenvalue weighted by Gasteiger charge is 2.46. The summed E-state index contributed by atoms with van der Waals surface area (Å²) in [5, 5.41) is 3.03. The third-order valence-corrected chi connectivity index (χ3v) is 5.56. The van der Waals surface area contributed by atoms with Gasteiger partial charge >= 0.3 is 0 Å². The van der Waals surface area contributed by atoms with Gasteiger partial charge in [0.05, 0.1) is 17.4 Å². The molecule has 1 saturated heterocycles. The van der Waals surface area contributed by atoms with E-state index < -0.39 is 17.0 Å². The Kier molecular flexibility index (Phi) is 5.48. The Hall–Kier alpha value is -1.80. The van der Waals surface area contributed by atoms with E-state index in [2.05, 4.69) is 15.0 Å². The summed E-state index contributed by atoms with van der Waals surface area (Å²) >= 11 is 0. The van der Waals surface area contributed by atoms with E-state index in [0.29, 0.717) is 5.92 Å². The summed E-state index contributed by atoms with van der Waals surface area (Å²) in [6.07, 6.45) is 5.19. The third-order valence-electron chi connectivity index (χ3n) is 4.94. The maximum Gasteiger partial charge on any atom is 0.248 e. The molecular weight excluding hydrogens is 340 g/mol. The van der Waals surface area contributed by atoms with E-state index in [1.165, 1.54) is 11.2 Å². The molecule has 1 aromatic rings. The van der Waals surface area contributed by atoms with Crippen molar-refractivity contribution >= 4 is 28.6 Å². The maximum absolute atomic E-state index is 12.3. The minimum atomic E-state index is -1.30. The van der Waals surface area contributed by atoms with Crippen LogP contribution in [0.4, 0.5) is 5.82 Å². The number of nitrogens with one attached hydrogen (secondary N) is 2. The maximum atomic E-state index is 12.3. The van der Waals surface area contributed by atoms with Crippen LogP contribution in [0.25, 0.3) is 0 Å². The first-order chi connectivity index (χ1) is 12.0. The molecule has 1 aliphatic heterocycles. The lowest BCUT2D eigenvalue weighted by molar-refractivity contribution is -0.144. The van der Waals surface area contributed by atoms with E-state index in [9.17, 15) is 13.8 Å². The molecule has 0 spiro atoms. The molecule has 2 heterocycles. The average Bonchev–Trinajstić information content (AvgIpc) is 2.80. The summed E-state index contributed by atoms with van der Waals surface area (Å²) < 4.78 is 13.9. The summed E-state index contributed by atoms with van der Waals surface area (Å²) in [5.74, 6) is 0.994. The molecule has 0 bridgehead atoms. The molecule has 2 fully saturated rings. The Morgan fingerprint density at radius 3 is 2.76 bits per heavy atom. The largest absolute Gasteiger partial charge is 0.373 e. The van der Waals surface area contributed by atoms with Crippen molar-refractivity contribution in [3.63, 3.8) is 0 Å². The van der Waals surface area contributed by atoms with Crippen LogP contribution in [0, 0.1) is 5.92 Å². The van der Waals surface area contributed by atoms with Gasteiger partial charge in [-0.15, -0.1) is 0 Å². The second kappa shape index (κ2) is 7.61. The van der Waals surface area contributed by atoms with Gasteiger partial charge in [-0.1, -0.05) is 6.07 Å². The smallest absolute Gasteiger partial charge is 0.248 e. The summed E-state index contributed by atoms with van der Waals surface area (Å²) in [7, 11) is 0.551. The lowest BCUT2D eigenvalue weighted by Gasteiger charge is -2.40. The van der Waals surface area contributed by atoms with Crippen molar-refractivity contribution in [1.29, 1.82) is 0 Å². The first kappa shape index (κ1) is 18.0. The van der Waals surface area contributed by atoms with E-state index in [0.717, 1.165) is 37.2 Å². The monoisotopic (exact) mass is 364 g/mol. The SMILES string of the molecule is CNc1cccc(CCC2CC(N3C(=O)CC(NS(C)=O)C3=O)C2)n1. The zero-order valence-electron chi connectivity index (χ0n) is 14.5. The Balaban J connectivity index is 1.48. The number of carbonyl (C=O) groups is 2. The van der Waals surface area contributed by atoms with Gasteiger partial charge < -0.3 is 5.32 Å². The van der Waals surface area contributed by atoms with E-state index >= 15 is 0 Å². The van der Waals surface area contributed by atoms with Gasteiger partial charge in [0, 0.05) is 25.0 Å². The van der Waals surface area contributed by atoms with Crippen LogP contribution >= 0.6 is 0 Å². The number of amides is 2. The predicted molar refractivity (Wildman–Crippen MR) is 96.1 cm³/mol. The van der Waals surface area contributed by atoms with Crippen molar-refractivity contribution in [2.45, 2.75) is 44.2 Å². The van der Waals surface area contributed by atoms with Gasteiger partial charge in [0.15, 0.2) is 0 Å². The number of likely N-dealkylation sites (tertiary alicyclic amines) is 1. The predicted octanol–water partition coefficient (Wildman–Crippen LogP) is 0.845. The van der Waals surface area contributed by atoms with Crippen molar-refractivity contribution in [2.24, 2.45) is 5.92 Å². The number of pyridine rings is 1. The lowest BCUT2D eigenvalue weighted by Crippen LogP contribution is -2.49. The van der Waals surface area contributed by atoms with Crippen LogP contribution in [0.5, 0.6) is 0 Å². The highest BCUT2D eigenvalue weighted by Crippen LogP contribution is 2.37. The molecule has 2 aliphatic rings. The summed E-state index contributed by atoms with van der Waals surface area (Å²) in [4.78, 5) is 30.4. The number of carbonyl (C=O) groups excluding carboxylic acids is 2. The molecule has 136 valence electrons. The fraction of sp³-hybridized carbons (Fsp3) is 0.588. The fourth-order valence-electron chi connectivity index (χ4n) is 3.58. The van der Waals surface area contributed by atoms with E-state index in [1.807, 2.05) is 25.2 Å². The number of anilines is 1. The molecule has 2 N–H and O–H groups in total. The van der Waals surface area contributed by atoms with Crippen molar-refractivity contribution < 1.29 is 13.8 Å². The number of hydrogen-bond acceptors (Lipinski definition) is 5. The second-order valence-electron chi connectivity index (χ2n) is 6.72. The van der Waals surface area contributed by atoms with Crippen molar-refractivity contribution in [2.75, 3.05) is 18.6 Å². The first-order valence-corrected chi connectivity index (χ1v) is 10.1. The van der Waals surface area contributed by atoms with Crippen LogP contribution in [-0.2, 0) is 27.0 Å². The van der Waals surface area contributed by atoms with E-state index in [1.54, 1.807) is 0 Å².